The van der Waals surface area contributed by atoms with E-state index >= 15 is 0 Å². The van der Waals surface area contributed by atoms with Crippen molar-refractivity contribution in [3.05, 3.63) is 29.8 Å². The number of nitrogens with one attached hydrogen (secondary N) is 1. The maximum absolute atomic E-state index is 11.7. The summed E-state index contributed by atoms with van der Waals surface area (Å²) in [6, 6.07) is 8.94. The van der Waals surface area contributed by atoms with Crippen molar-refractivity contribution in [3.8, 4) is 6.07 Å². The summed E-state index contributed by atoms with van der Waals surface area (Å²) in [6.45, 7) is 3.85. The van der Waals surface area contributed by atoms with Crippen LogP contribution in [0.5, 0.6) is 0 Å². The first-order valence-corrected chi connectivity index (χ1v) is 5.56. The SMILES string of the molecule is CC(C)C(S)C(=O)Nc1ccccc1C#N. The molecule has 84 valence electrons. The summed E-state index contributed by atoms with van der Waals surface area (Å²) < 4.78 is 0. The van der Waals surface area contributed by atoms with E-state index < -0.39 is 0 Å². The fraction of sp³-hybridized carbons (Fsp3) is 0.333. The predicted molar refractivity (Wildman–Crippen MR) is 67.4 cm³/mol. The highest BCUT2D eigenvalue weighted by atomic mass is 32.1. The Hall–Kier alpha value is -1.47. The molecular weight excluding hydrogens is 220 g/mol. The molecule has 1 N–H and O–H groups in total. The third-order valence-electron chi connectivity index (χ3n) is 2.21. The zero-order valence-corrected chi connectivity index (χ0v) is 10.2. The topological polar surface area (TPSA) is 52.9 Å². The molecule has 0 aromatic heterocycles. The number of anilines is 1. The molecular formula is C12H14N2OS. The van der Waals surface area contributed by atoms with Gasteiger partial charge in [0, 0.05) is 0 Å². The van der Waals surface area contributed by atoms with E-state index in [1.54, 1.807) is 24.3 Å². The van der Waals surface area contributed by atoms with Crippen molar-refractivity contribution in [3.63, 3.8) is 0 Å². The summed E-state index contributed by atoms with van der Waals surface area (Å²) >= 11 is 4.22. The maximum atomic E-state index is 11.7. The number of hydrogen-bond donors (Lipinski definition) is 2. The minimum absolute atomic E-state index is 0.151. The van der Waals surface area contributed by atoms with Crippen LogP contribution in [0.1, 0.15) is 19.4 Å². The summed E-state index contributed by atoms with van der Waals surface area (Å²) in [4.78, 5) is 11.7. The zero-order chi connectivity index (χ0) is 12.1. The van der Waals surface area contributed by atoms with Gasteiger partial charge < -0.3 is 5.32 Å². The van der Waals surface area contributed by atoms with Crippen LogP contribution in [0.4, 0.5) is 5.69 Å². The number of hydrogen-bond acceptors (Lipinski definition) is 3. The highest BCUT2D eigenvalue weighted by Gasteiger charge is 2.18. The van der Waals surface area contributed by atoms with Gasteiger partial charge in [-0.15, -0.1) is 0 Å². The van der Waals surface area contributed by atoms with Crippen molar-refractivity contribution >= 4 is 24.2 Å². The Morgan fingerprint density at radius 3 is 2.62 bits per heavy atom. The number of benzene rings is 1. The van der Waals surface area contributed by atoms with Crippen LogP contribution < -0.4 is 5.32 Å². The molecule has 0 spiro atoms. The quantitative estimate of drug-likeness (QED) is 0.789. The average molecular weight is 234 g/mol. The number of amides is 1. The summed E-state index contributed by atoms with van der Waals surface area (Å²) in [6.07, 6.45) is 0. The molecule has 3 nitrogen and oxygen atoms in total. The first-order chi connectivity index (χ1) is 7.56. The van der Waals surface area contributed by atoms with Crippen LogP contribution in [0.2, 0.25) is 0 Å². The van der Waals surface area contributed by atoms with Gasteiger partial charge in [0.2, 0.25) is 5.91 Å². The lowest BCUT2D eigenvalue weighted by molar-refractivity contribution is -0.116. The number of carbonyl (C=O) groups is 1. The van der Waals surface area contributed by atoms with Gasteiger partial charge in [-0.25, -0.2) is 0 Å². The van der Waals surface area contributed by atoms with E-state index in [1.165, 1.54) is 0 Å². The van der Waals surface area contributed by atoms with Gasteiger partial charge in [0.05, 0.1) is 16.5 Å². The number of nitriles is 1. The largest absolute Gasteiger partial charge is 0.324 e. The standard InChI is InChI=1S/C12H14N2OS/c1-8(2)11(16)12(15)14-10-6-4-3-5-9(10)7-13/h3-6,8,11,16H,1-2H3,(H,14,15). The molecule has 1 unspecified atom stereocenters. The number of nitrogens with zero attached hydrogens (tertiary/aromatic N) is 1. The fourth-order valence-corrected chi connectivity index (χ4v) is 1.26. The lowest BCUT2D eigenvalue weighted by atomic mass is 10.1. The van der Waals surface area contributed by atoms with Crippen molar-refractivity contribution in [1.29, 1.82) is 5.26 Å². The Bertz CT molecular complexity index is 423. The summed E-state index contributed by atoms with van der Waals surface area (Å²) in [7, 11) is 0. The molecule has 1 amide bonds. The smallest absolute Gasteiger partial charge is 0.237 e. The van der Waals surface area contributed by atoms with Crippen LogP contribution in [0.15, 0.2) is 24.3 Å². The Balaban J connectivity index is 2.82. The lowest BCUT2D eigenvalue weighted by Gasteiger charge is -2.15. The lowest BCUT2D eigenvalue weighted by Crippen LogP contribution is -2.27. The van der Waals surface area contributed by atoms with Crippen LogP contribution in [0.3, 0.4) is 0 Å². The van der Waals surface area contributed by atoms with E-state index in [0.29, 0.717) is 11.3 Å². The van der Waals surface area contributed by atoms with E-state index in [1.807, 2.05) is 19.9 Å². The van der Waals surface area contributed by atoms with Crippen molar-refractivity contribution in [1.82, 2.24) is 0 Å². The van der Waals surface area contributed by atoms with E-state index in [2.05, 4.69) is 17.9 Å². The van der Waals surface area contributed by atoms with Gasteiger partial charge >= 0.3 is 0 Å². The highest BCUT2D eigenvalue weighted by Crippen LogP contribution is 2.16. The van der Waals surface area contributed by atoms with Crippen molar-refractivity contribution in [2.45, 2.75) is 19.1 Å². The number of carbonyl (C=O) groups excluding carboxylic acids is 1. The van der Waals surface area contributed by atoms with Gasteiger partial charge in [-0.2, -0.15) is 17.9 Å². The van der Waals surface area contributed by atoms with Gasteiger partial charge in [0.1, 0.15) is 6.07 Å². The first kappa shape index (κ1) is 12.6. The van der Waals surface area contributed by atoms with E-state index in [4.69, 9.17) is 5.26 Å². The maximum Gasteiger partial charge on any atom is 0.237 e. The number of thiol groups is 1. The Morgan fingerprint density at radius 2 is 2.06 bits per heavy atom. The molecule has 1 atom stereocenters. The molecule has 0 bridgehead atoms. The summed E-state index contributed by atoms with van der Waals surface area (Å²) in [5.74, 6) is -0.0291. The molecule has 0 saturated carbocycles. The predicted octanol–water partition coefficient (Wildman–Crippen LogP) is 2.45. The molecule has 0 heterocycles. The third-order valence-corrected chi connectivity index (χ3v) is 3.04. The second-order valence-corrected chi connectivity index (χ2v) is 4.39. The monoisotopic (exact) mass is 234 g/mol. The van der Waals surface area contributed by atoms with E-state index in [-0.39, 0.29) is 17.1 Å². The van der Waals surface area contributed by atoms with Crippen LogP contribution >= 0.6 is 12.6 Å². The van der Waals surface area contributed by atoms with Crippen molar-refractivity contribution in [2.75, 3.05) is 5.32 Å². The molecule has 1 rings (SSSR count). The van der Waals surface area contributed by atoms with E-state index in [0.717, 1.165) is 0 Å². The molecule has 0 radical (unpaired) electrons. The molecule has 16 heavy (non-hydrogen) atoms. The zero-order valence-electron chi connectivity index (χ0n) is 9.27. The first-order valence-electron chi connectivity index (χ1n) is 5.04. The molecule has 0 aliphatic heterocycles. The molecule has 0 aliphatic rings. The van der Waals surface area contributed by atoms with Gasteiger partial charge in [-0.1, -0.05) is 26.0 Å². The Labute approximate surface area is 101 Å². The van der Waals surface area contributed by atoms with E-state index in [9.17, 15) is 4.79 Å². The Kier molecular flexibility index (Phi) is 4.39. The molecule has 0 fully saturated rings. The summed E-state index contributed by atoms with van der Waals surface area (Å²) in [5.41, 5.74) is 0.995. The number of para-hydroxylation sites is 1. The fourth-order valence-electron chi connectivity index (χ4n) is 1.20. The second kappa shape index (κ2) is 5.57. The van der Waals surface area contributed by atoms with Crippen molar-refractivity contribution < 1.29 is 4.79 Å². The van der Waals surface area contributed by atoms with Gasteiger partial charge in [0.15, 0.2) is 0 Å². The van der Waals surface area contributed by atoms with Crippen LogP contribution in [-0.2, 0) is 4.79 Å². The van der Waals surface area contributed by atoms with Gasteiger partial charge in [-0.3, -0.25) is 4.79 Å². The average Bonchev–Trinajstić information content (AvgIpc) is 2.28. The third kappa shape index (κ3) is 3.01. The highest BCUT2D eigenvalue weighted by molar-refractivity contribution is 7.81. The molecule has 0 saturated heterocycles. The van der Waals surface area contributed by atoms with Crippen molar-refractivity contribution in [2.24, 2.45) is 5.92 Å². The molecule has 0 aliphatic carbocycles. The minimum atomic E-state index is -0.369. The minimum Gasteiger partial charge on any atom is -0.324 e. The molecule has 1 aromatic carbocycles. The van der Waals surface area contributed by atoms with Crippen LogP contribution in [0.25, 0.3) is 0 Å². The van der Waals surface area contributed by atoms with Crippen LogP contribution in [0, 0.1) is 17.2 Å². The van der Waals surface area contributed by atoms with Gasteiger partial charge in [0.25, 0.3) is 0 Å². The normalized spacial score (nSPS) is 11.9. The van der Waals surface area contributed by atoms with Gasteiger partial charge in [-0.05, 0) is 18.1 Å². The number of rotatable bonds is 3. The molecule has 1 aromatic rings. The molecule has 4 heteroatoms. The van der Waals surface area contributed by atoms with Crippen LogP contribution in [-0.4, -0.2) is 11.2 Å². The second-order valence-electron chi connectivity index (χ2n) is 3.84. The Morgan fingerprint density at radius 1 is 1.44 bits per heavy atom. The summed E-state index contributed by atoms with van der Waals surface area (Å²) in [5, 5.41) is 11.2.